The van der Waals surface area contributed by atoms with E-state index in [1.165, 1.54) is 24.4 Å². The van der Waals surface area contributed by atoms with Gasteiger partial charge in [0.05, 0.1) is 24.0 Å². The van der Waals surface area contributed by atoms with E-state index in [4.69, 9.17) is 16.3 Å². The molecule has 1 N–H and O–H groups in total. The number of pyridine rings is 1. The van der Waals surface area contributed by atoms with Gasteiger partial charge in [0.2, 0.25) is 0 Å². The molecule has 0 radical (unpaired) electrons. The standard InChI is InChI=1S/C26H22ClF3N6O2/c27-18-11-31-24(35-13-26(14-35)7-2-8-32-26)10-23(18)38-22-6-5-16(9-21(22)30)36-25(37)34(15-33-36)12-17-19(28)3-1-4-20(17)29/h1,3-6,9-11,15,32H,2,7-8,12-14H2. The number of anilines is 1. The maximum absolute atomic E-state index is 15.0. The minimum absolute atomic E-state index is 0.105. The van der Waals surface area contributed by atoms with Crippen molar-refractivity contribution in [1.29, 1.82) is 0 Å². The van der Waals surface area contributed by atoms with Crippen LogP contribution in [0.5, 0.6) is 11.5 Å². The molecule has 0 unspecified atom stereocenters. The smallest absolute Gasteiger partial charge is 0.350 e. The van der Waals surface area contributed by atoms with Gasteiger partial charge < -0.3 is 15.0 Å². The van der Waals surface area contributed by atoms with Crippen LogP contribution in [-0.4, -0.2) is 44.5 Å². The molecule has 0 saturated carbocycles. The lowest BCUT2D eigenvalue weighted by atomic mass is 9.88. The summed E-state index contributed by atoms with van der Waals surface area (Å²) in [7, 11) is 0. The SMILES string of the molecule is O=c1n(Cc2c(F)cccc2F)cnn1-c1ccc(Oc2cc(N3CC4(CCCN4)C3)ncc2Cl)c(F)c1. The van der Waals surface area contributed by atoms with Gasteiger partial charge in [-0.2, -0.15) is 9.78 Å². The fourth-order valence-electron chi connectivity index (χ4n) is 4.94. The Balaban J connectivity index is 1.20. The number of aromatic nitrogens is 4. The Morgan fingerprint density at radius 3 is 2.55 bits per heavy atom. The first-order chi connectivity index (χ1) is 18.3. The van der Waals surface area contributed by atoms with E-state index in [1.54, 1.807) is 6.07 Å². The summed E-state index contributed by atoms with van der Waals surface area (Å²) in [6, 6.07) is 9.00. The highest BCUT2D eigenvalue weighted by molar-refractivity contribution is 6.32. The maximum atomic E-state index is 15.0. The molecule has 4 heterocycles. The lowest BCUT2D eigenvalue weighted by Gasteiger charge is -2.49. The van der Waals surface area contributed by atoms with E-state index in [0.29, 0.717) is 5.82 Å². The topological polar surface area (TPSA) is 77.2 Å². The average molecular weight is 543 g/mol. The summed E-state index contributed by atoms with van der Waals surface area (Å²) >= 11 is 6.27. The second-order valence-electron chi connectivity index (χ2n) is 9.51. The van der Waals surface area contributed by atoms with Crippen LogP contribution in [0.2, 0.25) is 5.02 Å². The zero-order valence-electron chi connectivity index (χ0n) is 20.0. The van der Waals surface area contributed by atoms with Crippen molar-refractivity contribution in [2.75, 3.05) is 24.5 Å². The van der Waals surface area contributed by atoms with E-state index in [-0.39, 0.29) is 39.9 Å². The Bertz CT molecular complexity index is 1560. The first-order valence-corrected chi connectivity index (χ1v) is 12.4. The number of nitrogens with one attached hydrogen (secondary N) is 1. The molecule has 8 nitrogen and oxygen atoms in total. The maximum Gasteiger partial charge on any atom is 0.350 e. The van der Waals surface area contributed by atoms with Crippen molar-refractivity contribution in [2.24, 2.45) is 0 Å². The molecule has 196 valence electrons. The van der Waals surface area contributed by atoms with Crippen molar-refractivity contribution in [3.05, 3.63) is 93.5 Å². The van der Waals surface area contributed by atoms with Gasteiger partial charge in [-0.3, -0.25) is 4.57 Å². The molecule has 0 atom stereocenters. The fourth-order valence-corrected chi connectivity index (χ4v) is 5.08. The lowest BCUT2D eigenvalue weighted by molar-refractivity contribution is 0.292. The van der Waals surface area contributed by atoms with Crippen molar-refractivity contribution in [3.8, 4) is 17.2 Å². The van der Waals surface area contributed by atoms with Gasteiger partial charge >= 0.3 is 5.69 Å². The molecular formula is C26H22ClF3N6O2. The van der Waals surface area contributed by atoms with Crippen molar-refractivity contribution >= 4 is 17.4 Å². The molecule has 0 amide bonds. The Hall–Kier alpha value is -3.83. The van der Waals surface area contributed by atoms with Gasteiger partial charge in [-0.05, 0) is 43.7 Å². The van der Waals surface area contributed by atoms with Crippen LogP contribution < -0.4 is 20.6 Å². The number of hydrogen-bond donors (Lipinski definition) is 1. The summed E-state index contributed by atoms with van der Waals surface area (Å²) in [5, 5.41) is 7.73. The highest BCUT2D eigenvalue weighted by Crippen LogP contribution is 2.37. The molecule has 1 spiro atoms. The van der Waals surface area contributed by atoms with Crippen LogP contribution in [0, 0.1) is 17.5 Å². The normalized spacial score (nSPS) is 16.2. The van der Waals surface area contributed by atoms with Crippen molar-refractivity contribution < 1.29 is 17.9 Å². The fraction of sp³-hybridized carbons (Fsp3) is 0.269. The zero-order chi connectivity index (χ0) is 26.4. The quantitative estimate of drug-likeness (QED) is 0.392. The van der Waals surface area contributed by atoms with Crippen LogP contribution in [0.15, 0.2) is 59.8 Å². The molecule has 38 heavy (non-hydrogen) atoms. The second kappa shape index (κ2) is 9.48. The van der Waals surface area contributed by atoms with Crippen LogP contribution in [0.4, 0.5) is 19.0 Å². The molecule has 12 heteroatoms. The number of nitrogens with zero attached hydrogens (tertiary/aromatic N) is 5. The predicted molar refractivity (Wildman–Crippen MR) is 135 cm³/mol. The zero-order valence-corrected chi connectivity index (χ0v) is 20.8. The van der Waals surface area contributed by atoms with Crippen LogP contribution in [-0.2, 0) is 6.54 Å². The van der Waals surface area contributed by atoms with Gasteiger partial charge in [-0.25, -0.2) is 22.9 Å². The Kier molecular flexibility index (Phi) is 6.11. The predicted octanol–water partition coefficient (Wildman–Crippen LogP) is 4.28. The molecule has 2 aliphatic rings. The van der Waals surface area contributed by atoms with E-state index in [1.807, 2.05) is 0 Å². The van der Waals surface area contributed by atoms with Gasteiger partial charge in [-0.15, -0.1) is 0 Å². The average Bonchev–Trinajstić information content (AvgIpc) is 3.51. The minimum Gasteiger partial charge on any atom is -0.453 e. The molecule has 2 aromatic heterocycles. The van der Waals surface area contributed by atoms with Crippen molar-refractivity contribution in [2.45, 2.75) is 24.9 Å². The van der Waals surface area contributed by atoms with Gasteiger partial charge in [0, 0.05) is 30.8 Å². The third-order valence-corrected chi connectivity index (χ3v) is 7.24. The number of hydrogen-bond acceptors (Lipinski definition) is 6. The molecule has 0 bridgehead atoms. The number of benzene rings is 2. The first-order valence-electron chi connectivity index (χ1n) is 12.0. The van der Waals surface area contributed by atoms with Crippen LogP contribution in [0.25, 0.3) is 5.69 Å². The molecule has 2 aliphatic heterocycles. The Morgan fingerprint density at radius 2 is 1.84 bits per heavy atom. The Morgan fingerprint density at radius 1 is 1.05 bits per heavy atom. The van der Waals surface area contributed by atoms with Crippen LogP contribution in [0.3, 0.4) is 0 Å². The van der Waals surface area contributed by atoms with Gasteiger partial charge in [0.25, 0.3) is 0 Å². The summed E-state index contributed by atoms with van der Waals surface area (Å²) < 4.78 is 50.8. The lowest BCUT2D eigenvalue weighted by Crippen LogP contribution is -2.67. The summed E-state index contributed by atoms with van der Waals surface area (Å²) in [4.78, 5) is 19.3. The molecule has 0 aliphatic carbocycles. The summed E-state index contributed by atoms with van der Waals surface area (Å²) in [5.74, 6) is -1.48. The van der Waals surface area contributed by atoms with Crippen LogP contribution in [0.1, 0.15) is 18.4 Å². The summed E-state index contributed by atoms with van der Waals surface area (Å²) in [5.41, 5.74) is -0.708. The van der Waals surface area contributed by atoms with E-state index in [0.717, 1.165) is 66.3 Å². The summed E-state index contributed by atoms with van der Waals surface area (Å²) in [6.07, 6.45) is 4.88. The van der Waals surface area contributed by atoms with E-state index in [2.05, 4.69) is 20.3 Å². The monoisotopic (exact) mass is 542 g/mol. The third kappa shape index (κ3) is 4.41. The van der Waals surface area contributed by atoms with E-state index >= 15 is 4.39 Å². The highest BCUT2D eigenvalue weighted by Gasteiger charge is 2.45. The van der Waals surface area contributed by atoms with Gasteiger partial charge in [0.15, 0.2) is 17.3 Å². The largest absolute Gasteiger partial charge is 0.453 e. The van der Waals surface area contributed by atoms with Gasteiger partial charge in [-0.1, -0.05) is 17.7 Å². The highest BCUT2D eigenvalue weighted by atomic mass is 35.5. The number of halogens is 4. The molecule has 2 saturated heterocycles. The van der Waals surface area contributed by atoms with E-state index in [9.17, 15) is 13.6 Å². The minimum atomic E-state index is -0.779. The van der Waals surface area contributed by atoms with E-state index < -0.39 is 23.1 Å². The number of ether oxygens (including phenoxy) is 1. The van der Waals surface area contributed by atoms with Gasteiger partial charge in [0.1, 0.15) is 28.8 Å². The molecule has 6 rings (SSSR count). The van der Waals surface area contributed by atoms with Crippen LogP contribution >= 0.6 is 11.6 Å². The van der Waals surface area contributed by atoms with Crippen molar-refractivity contribution in [1.82, 2.24) is 24.6 Å². The Labute approximate surface area is 220 Å². The summed E-state index contributed by atoms with van der Waals surface area (Å²) in [6.45, 7) is 2.31. The second-order valence-corrected chi connectivity index (χ2v) is 9.92. The first kappa shape index (κ1) is 24.5. The molecule has 2 fully saturated rings. The van der Waals surface area contributed by atoms with Crippen molar-refractivity contribution in [3.63, 3.8) is 0 Å². The number of rotatable bonds is 6. The molecule has 4 aromatic rings. The third-order valence-electron chi connectivity index (χ3n) is 6.95. The molecule has 2 aromatic carbocycles. The molecular weight excluding hydrogens is 521 g/mol.